The van der Waals surface area contributed by atoms with Crippen LogP contribution in [0, 0.1) is 11.8 Å². The van der Waals surface area contributed by atoms with E-state index in [1.54, 1.807) is 30.5 Å². The number of imidazole rings is 1. The number of piperidine rings is 1. The number of carbonyl (C=O) groups excluding carboxylic acids is 1. The number of anilines is 1. The molecule has 3 aliphatic rings. The molecule has 3 aromatic heterocycles. The van der Waals surface area contributed by atoms with Crippen LogP contribution < -0.4 is 10.2 Å². The van der Waals surface area contributed by atoms with E-state index in [2.05, 4.69) is 15.4 Å². The molecule has 1 saturated heterocycles. The van der Waals surface area contributed by atoms with Gasteiger partial charge in [-0.3, -0.25) is 9.48 Å². The quantitative estimate of drug-likeness (QED) is 0.555. The second-order valence-electron chi connectivity index (χ2n) is 9.68. The van der Waals surface area contributed by atoms with Crippen LogP contribution in [0.25, 0.3) is 0 Å². The first-order valence-electron chi connectivity index (χ1n) is 11.8. The van der Waals surface area contributed by atoms with Crippen LogP contribution in [0.5, 0.6) is 0 Å². The zero-order valence-corrected chi connectivity index (χ0v) is 19.6. The van der Waals surface area contributed by atoms with Gasteiger partial charge in [-0.1, -0.05) is 6.07 Å². The van der Waals surface area contributed by atoms with Crippen LogP contribution in [-0.4, -0.2) is 56.3 Å². The first-order chi connectivity index (χ1) is 16.8. The van der Waals surface area contributed by atoms with Gasteiger partial charge in [0.15, 0.2) is 0 Å². The number of hydrogen-bond donors (Lipinski definition) is 1. The minimum atomic E-state index is -2.52. The summed E-state index contributed by atoms with van der Waals surface area (Å²) in [6.07, 6.45) is 6.77. The molecule has 1 saturated carbocycles. The number of nitrogens with zero attached hydrogens (tertiary/aromatic N) is 6. The Morgan fingerprint density at radius 1 is 1.29 bits per heavy atom. The van der Waals surface area contributed by atoms with Crippen LogP contribution in [-0.2, 0) is 31.4 Å². The lowest BCUT2D eigenvalue weighted by atomic mass is 10.2. The van der Waals surface area contributed by atoms with E-state index in [1.807, 2.05) is 28.6 Å². The van der Waals surface area contributed by atoms with Crippen molar-refractivity contribution in [1.29, 1.82) is 0 Å². The Morgan fingerprint density at radius 3 is 2.86 bits per heavy atom. The predicted octanol–water partition coefficient (Wildman–Crippen LogP) is 2.32. The molecule has 1 amide bonds. The number of hydrogen-bond acceptors (Lipinski definition) is 6. The van der Waals surface area contributed by atoms with Gasteiger partial charge in [0.1, 0.15) is 5.82 Å². The maximum Gasteiger partial charge on any atom is 0.258 e. The molecule has 6 rings (SSSR count). The largest absolute Gasteiger partial charge is 0.378 e. The Balaban J connectivity index is 1.13. The monoisotopic (exact) mass is 483 g/mol. The first-order valence-corrected chi connectivity index (χ1v) is 11.8. The molecule has 2 aliphatic carbocycles. The van der Waals surface area contributed by atoms with Crippen molar-refractivity contribution < 1.29 is 18.3 Å². The van der Waals surface area contributed by atoms with E-state index >= 15 is 0 Å². The Hall–Kier alpha value is -3.34. The predicted molar refractivity (Wildman–Crippen MR) is 122 cm³/mol. The molecule has 0 radical (unpaired) electrons. The van der Waals surface area contributed by atoms with Crippen molar-refractivity contribution in [2.45, 2.75) is 38.0 Å². The second kappa shape index (κ2) is 8.11. The topological polar surface area (TPSA) is 90.1 Å². The number of pyridine rings is 1. The van der Waals surface area contributed by atoms with Crippen LogP contribution in [0.2, 0.25) is 0 Å². The van der Waals surface area contributed by atoms with E-state index in [0.717, 1.165) is 35.5 Å². The molecule has 1 aliphatic heterocycles. The number of aromatic nitrogens is 5. The molecule has 3 aromatic rings. The molecule has 3 atom stereocenters. The van der Waals surface area contributed by atoms with E-state index in [4.69, 9.17) is 9.72 Å². The summed E-state index contributed by atoms with van der Waals surface area (Å²) >= 11 is 0. The summed E-state index contributed by atoms with van der Waals surface area (Å²) in [6, 6.07) is 3.70. The lowest BCUT2D eigenvalue weighted by Gasteiger charge is -2.22. The molecule has 2 unspecified atom stereocenters. The zero-order valence-electron chi connectivity index (χ0n) is 19.6. The van der Waals surface area contributed by atoms with Gasteiger partial charge in [0.05, 0.1) is 60.5 Å². The highest BCUT2D eigenvalue weighted by molar-refractivity contribution is 5.94. The fourth-order valence-corrected chi connectivity index (χ4v) is 5.41. The average Bonchev–Trinajstić information content (AvgIpc) is 3.47. The number of ether oxygens (including phenoxy) is 1. The molecule has 1 N–H and O–H groups in total. The maximum absolute atomic E-state index is 13.6. The molecular weight excluding hydrogens is 456 g/mol. The molecule has 184 valence electrons. The third kappa shape index (κ3) is 3.78. The highest BCUT2D eigenvalue weighted by Gasteiger charge is 2.71. The average molecular weight is 484 g/mol. The van der Waals surface area contributed by atoms with E-state index in [1.165, 1.54) is 0 Å². The van der Waals surface area contributed by atoms with Gasteiger partial charge in [-0.25, -0.2) is 18.7 Å². The van der Waals surface area contributed by atoms with Gasteiger partial charge in [-0.2, -0.15) is 5.10 Å². The van der Waals surface area contributed by atoms with Crippen molar-refractivity contribution in [2.75, 3.05) is 25.1 Å². The highest BCUT2D eigenvalue weighted by atomic mass is 19.3. The van der Waals surface area contributed by atoms with Gasteiger partial charge in [-0.05, 0) is 24.5 Å². The molecule has 0 spiro atoms. The van der Waals surface area contributed by atoms with E-state index in [9.17, 15) is 13.6 Å². The molecule has 4 heterocycles. The van der Waals surface area contributed by atoms with Gasteiger partial charge in [0.2, 0.25) is 0 Å². The summed E-state index contributed by atoms with van der Waals surface area (Å²) in [6.45, 7) is 1.36. The summed E-state index contributed by atoms with van der Waals surface area (Å²) < 4.78 is 36.2. The SMILES string of the molecule is COCc1nc(N2CC3C(C2)C3(F)F)ccc1Cn1cc(C(=O)N[C@@H]2CCc3c2ncn3C)cn1. The van der Waals surface area contributed by atoms with Gasteiger partial charge in [0.25, 0.3) is 11.8 Å². The fraction of sp³-hybridized carbons (Fsp3) is 0.500. The number of methoxy groups -OCH3 is 1. The number of carbonyl (C=O) groups is 1. The molecule has 0 bridgehead atoms. The van der Waals surface area contributed by atoms with E-state index < -0.39 is 17.8 Å². The minimum Gasteiger partial charge on any atom is -0.378 e. The molecule has 2 fully saturated rings. The molecule has 9 nitrogen and oxygen atoms in total. The van der Waals surface area contributed by atoms with Crippen molar-refractivity contribution in [2.24, 2.45) is 18.9 Å². The first kappa shape index (κ1) is 22.1. The number of nitrogens with one attached hydrogen (secondary N) is 1. The number of fused-ring (bicyclic) bond motifs is 2. The van der Waals surface area contributed by atoms with Crippen LogP contribution in [0.3, 0.4) is 0 Å². The third-order valence-electron chi connectivity index (χ3n) is 7.48. The lowest BCUT2D eigenvalue weighted by molar-refractivity contribution is 0.0796. The van der Waals surface area contributed by atoms with Gasteiger partial charge in [-0.15, -0.1) is 0 Å². The summed E-state index contributed by atoms with van der Waals surface area (Å²) in [4.78, 5) is 23.9. The van der Waals surface area contributed by atoms with Gasteiger partial charge in [0, 0.05) is 39.1 Å². The zero-order chi connectivity index (χ0) is 24.3. The van der Waals surface area contributed by atoms with Crippen LogP contribution in [0.15, 0.2) is 30.9 Å². The van der Waals surface area contributed by atoms with Gasteiger partial charge < -0.3 is 19.5 Å². The van der Waals surface area contributed by atoms with Crippen molar-refractivity contribution in [1.82, 2.24) is 29.6 Å². The van der Waals surface area contributed by atoms with Crippen LogP contribution in [0.1, 0.15) is 45.5 Å². The highest BCUT2D eigenvalue weighted by Crippen LogP contribution is 2.59. The maximum atomic E-state index is 13.6. The number of amides is 1. The number of aryl methyl sites for hydroxylation is 1. The summed E-state index contributed by atoms with van der Waals surface area (Å²) in [7, 11) is 3.56. The summed E-state index contributed by atoms with van der Waals surface area (Å²) in [5.74, 6) is -3.13. The molecule has 11 heteroatoms. The number of rotatable bonds is 7. The summed E-state index contributed by atoms with van der Waals surface area (Å²) in [5.41, 5.74) is 4.20. The van der Waals surface area contributed by atoms with E-state index in [-0.39, 0.29) is 11.9 Å². The van der Waals surface area contributed by atoms with E-state index in [0.29, 0.717) is 37.6 Å². The smallest absolute Gasteiger partial charge is 0.258 e. The standard InChI is InChI=1S/C24H27F2N7O2/c1-31-13-27-22-18(4-5-20(22)31)30-23(34)15-7-28-33(9-15)8-14-3-6-21(29-19(14)12-35-2)32-10-16-17(11-32)24(16,25)26/h3,6-7,9,13,16-18H,4-5,8,10-12H2,1-2H3,(H,30,34)/t16?,17?,18-/m1/s1. The van der Waals surface area contributed by atoms with Gasteiger partial charge >= 0.3 is 0 Å². The number of alkyl halides is 2. The number of halogens is 2. The Labute approximate surface area is 201 Å². The Morgan fingerprint density at radius 2 is 2.09 bits per heavy atom. The Bertz CT molecular complexity index is 1270. The minimum absolute atomic E-state index is 0.0938. The fourth-order valence-electron chi connectivity index (χ4n) is 5.41. The lowest BCUT2D eigenvalue weighted by Crippen LogP contribution is -2.28. The Kier molecular flexibility index (Phi) is 5.13. The van der Waals surface area contributed by atoms with Crippen molar-refractivity contribution in [3.63, 3.8) is 0 Å². The molecule has 0 aromatic carbocycles. The van der Waals surface area contributed by atoms with Crippen LogP contribution in [0.4, 0.5) is 14.6 Å². The third-order valence-corrected chi connectivity index (χ3v) is 7.48. The summed E-state index contributed by atoms with van der Waals surface area (Å²) in [5, 5.41) is 7.43. The van der Waals surface area contributed by atoms with Crippen LogP contribution >= 0.6 is 0 Å². The normalized spacial score (nSPS) is 23.9. The molecule has 35 heavy (non-hydrogen) atoms. The van der Waals surface area contributed by atoms with Crippen molar-refractivity contribution in [3.8, 4) is 0 Å². The molecular formula is C24H27F2N7O2. The van der Waals surface area contributed by atoms with Crippen molar-refractivity contribution >= 4 is 11.7 Å². The van der Waals surface area contributed by atoms with Crippen molar-refractivity contribution in [3.05, 3.63) is 59.1 Å². The second-order valence-corrected chi connectivity index (χ2v) is 9.68.